The maximum atomic E-state index is 13.7. The SMILES string of the molecule is CCOc1ccc(Oc2ccc3cc(C(C)N(c4ccon4)S(=O)(=O)c4ccc([N+](=O)[O-])cc4)ccc3c2)c(Cl)c1. The highest BCUT2D eigenvalue weighted by molar-refractivity contribution is 7.92. The number of fused-ring (bicyclic) bond motifs is 1. The Hall–Kier alpha value is -4.61. The van der Waals surface area contributed by atoms with E-state index in [1.807, 2.05) is 37.3 Å². The molecule has 0 saturated carbocycles. The van der Waals surface area contributed by atoms with Crippen LogP contribution in [-0.4, -0.2) is 25.1 Å². The van der Waals surface area contributed by atoms with Crippen molar-refractivity contribution < 1.29 is 27.3 Å². The van der Waals surface area contributed by atoms with Gasteiger partial charge in [-0.2, -0.15) is 0 Å². The van der Waals surface area contributed by atoms with E-state index in [-0.39, 0.29) is 16.4 Å². The number of ether oxygens (including phenoxy) is 2. The van der Waals surface area contributed by atoms with Crippen molar-refractivity contribution >= 4 is 43.9 Å². The maximum absolute atomic E-state index is 13.7. The molecule has 1 unspecified atom stereocenters. The first-order chi connectivity index (χ1) is 19.7. The van der Waals surface area contributed by atoms with E-state index in [2.05, 4.69) is 5.16 Å². The summed E-state index contributed by atoms with van der Waals surface area (Å²) in [5, 5.41) is 17.1. The van der Waals surface area contributed by atoms with E-state index in [1.54, 1.807) is 31.2 Å². The molecule has 0 aliphatic heterocycles. The van der Waals surface area contributed by atoms with Crippen molar-refractivity contribution in [3.05, 3.63) is 112 Å². The predicted octanol–water partition coefficient (Wildman–Crippen LogP) is 7.54. The largest absolute Gasteiger partial charge is 0.494 e. The number of non-ortho nitro benzene ring substituents is 1. The number of nitro groups is 1. The summed E-state index contributed by atoms with van der Waals surface area (Å²) in [6.07, 6.45) is 1.28. The molecular formula is C29H24ClN3O7S. The van der Waals surface area contributed by atoms with Gasteiger partial charge < -0.3 is 14.0 Å². The summed E-state index contributed by atoms with van der Waals surface area (Å²) in [5.41, 5.74) is 0.474. The Morgan fingerprint density at radius 2 is 1.68 bits per heavy atom. The van der Waals surface area contributed by atoms with Crippen molar-refractivity contribution in [2.75, 3.05) is 10.9 Å². The van der Waals surface area contributed by atoms with Crippen LogP contribution in [0.5, 0.6) is 17.2 Å². The molecule has 0 bridgehead atoms. The van der Waals surface area contributed by atoms with Gasteiger partial charge in [-0.25, -0.2) is 12.7 Å². The zero-order chi connectivity index (χ0) is 29.1. The Morgan fingerprint density at radius 3 is 2.34 bits per heavy atom. The number of aromatic nitrogens is 1. The summed E-state index contributed by atoms with van der Waals surface area (Å²) in [5.74, 6) is 1.79. The Kier molecular flexibility index (Phi) is 7.82. The molecule has 12 heteroatoms. The minimum atomic E-state index is -4.17. The van der Waals surface area contributed by atoms with Gasteiger partial charge in [0.2, 0.25) is 0 Å². The van der Waals surface area contributed by atoms with Gasteiger partial charge >= 0.3 is 0 Å². The Morgan fingerprint density at radius 1 is 0.976 bits per heavy atom. The summed E-state index contributed by atoms with van der Waals surface area (Å²) in [4.78, 5) is 10.3. The summed E-state index contributed by atoms with van der Waals surface area (Å²) in [7, 11) is -4.17. The highest BCUT2D eigenvalue weighted by Crippen LogP contribution is 2.36. The fraction of sp³-hybridized carbons (Fsp3) is 0.138. The van der Waals surface area contributed by atoms with Crippen LogP contribution in [0, 0.1) is 10.1 Å². The molecule has 0 aliphatic carbocycles. The Bertz CT molecular complexity index is 1810. The molecule has 0 aliphatic rings. The molecule has 5 aromatic rings. The molecule has 41 heavy (non-hydrogen) atoms. The topological polar surface area (TPSA) is 125 Å². The molecule has 0 saturated heterocycles. The van der Waals surface area contributed by atoms with Crippen LogP contribution in [0.25, 0.3) is 10.8 Å². The highest BCUT2D eigenvalue weighted by Gasteiger charge is 2.32. The summed E-state index contributed by atoms with van der Waals surface area (Å²) < 4.78 is 45.0. The average molecular weight is 594 g/mol. The predicted molar refractivity (Wildman–Crippen MR) is 154 cm³/mol. The highest BCUT2D eigenvalue weighted by atomic mass is 35.5. The van der Waals surface area contributed by atoms with Gasteiger partial charge in [-0.15, -0.1) is 0 Å². The summed E-state index contributed by atoms with van der Waals surface area (Å²) in [6, 6.07) is 21.7. The minimum Gasteiger partial charge on any atom is -0.494 e. The second kappa shape index (κ2) is 11.5. The van der Waals surface area contributed by atoms with E-state index in [0.717, 1.165) is 27.2 Å². The zero-order valence-corrected chi connectivity index (χ0v) is 23.5. The fourth-order valence-corrected chi connectivity index (χ4v) is 6.15. The maximum Gasteiger partial charge on any atom is 0.269 e. The van der Waals surface area contributed by atoms with Crippen LogP contribution < -0.4 is 13.8 Å². The first-order valence-corrected chi connectivity index (χ1v) is 14.3. The van der Waals surface area contributed by atoms with Crippen LogP contribution in [0.3, 0.4) is 0 Å². The van der Waals surface area contributed by atoms with E-state index in [0.29, 0.717) is 34.4 Å². The molecule has 4 aromatic carbocycles. The second-order valence-corrected chi connectivity index (χ2v) is 11.2. The lowest BCUT2D eigenvalue weighted by molar-refractivity contribution is -0.384. The first kappa shape index (κ1) is 27.9. The number of benzene rings is 4. The molecule has 1 heterocycles. The molecule has 10 nitrogen and oxygen atoms in total. The van der Waals surface area contributed by atoms with Gasteiger partial charge in [-0.05, 0) is 72.6 Å². The lowest BCUT2D eigenvalue weighted by atomic mass is 10.0. The van der Waals surface area contributed by atoms with Gasteiger partial charge in [0, 0.05) is 24.3 Å². The monoisotopic (exact) mass is 593 g/mol. The molecular weight excluding hydrogens is 570 g/mol. The van der Waals surface area contributed by atoms with Gasteiger partial charge in [-0.3, -0.25) is 10.1 Å². The molecule has 1 atom stereocenters. The number of halogens is 1. The molecule has 5 rings (SSSR count). The van der Waals surface area contributed by atoms with Crippen LogP contribution in [0.15, 0.2) is 101 Å². The van der Waals surface area contributed by atoms with Crippen LogP contribution in [0.4, 0.5) is 11.5 Å². The second-order valence-electron chi connectivity index (χ2n) is 8.98. The third-order valence-electron chi connectivity index (χ3n) is 6.37. The van der Waals surface area contributed by atoms with Crippen molar-refractivity contribution in [2.45, 2.75) is 24.8 Å². The summed E-state index contributed by atoms with van der Waals surface area (Å²) >= 11 is 6.36. The number of hydrogen-bond acceptors (Lipinski definition) is 8. The number of hydrogen-bond donors (Lipinski definition) is 0. The van der Waals surface area contributed by atoms with E-state index in [9.17, 15) is 18.5 Å². The number of rotatable bonds is 10. The fourth-order valence-electron chi connectivity index (χ4n) is 4.35. The standard InChI is InChI=1S/C29H24ClN3O7S/c1-3-38-24-10-13-28(27(30)18-24)40-25-9-6-21-16-20(4-5-22(21)17-25)19(2)32(29-14-15-39-31-29)41(36,37)26-11-7-23(8-12-26)33(34)35/h4-19H,3H2,1-2H3. The molecule has 210 valence electrons. The van der Waals surface area contributed by atoms with Crippen molar-refractivity contribution in [3.8, 4) is 17.2 Å². The van der Waals surface area contributed by atoms with Crippen molar-refractivity contribution in [3.63, 3.8) is 0 Å². The van der Waals surface area contributed by atoms with E-state index < -0.39 is 21.0 Å². The minimum absolute atomic E-state index is 0.0759. The van der Waals surface area contributed by atoms with Crippen molar-refractivity contribution in [1.82, 2.24) is 5.16 Å². The Labute approximate surface area is 240 Å². The molecule has 0 fully saturated rings. The third-order valence-corrected chi connectivity index (χ3v) is 8.55. The smallest absolute Gasteiger partial charge is 0.269 e. The molecule has 0 N–H and O–H groups in total. The normalized spacial score (nSPS) is 12.2. The molecule has 0 amide bonds. The van der Waals surface area contributed by atoms with Gasteiger partial charge in [0.25, 0.3) is 15.7 Å². The Balaban J connectivity index is 1.44. The van der Waals surface area contributed by atoms with Crippen molar-refractivity contribution in [1.29, 1.82) is 0 Å². The van der Waals surface area contributed by atoms with Gasteiger partial charge in [0.1, 0.15) is 23.5 Å². The van der Waals surface area contributed by atoms with E-state index in [1.165, 1.54) is 24.5 Å². The lowest BCUT2D eigenvalue weighted by Crippen LogP contribution is -2.34. The lowest BCUT2D eigenvalue weighted by Gasteiger charge is -2.28. The van der Waals surface area contributed by atoms with Crippen LogP contribution in [-0.2, 0) is 10.0 Å². The van der Waals surface area contributed by atoms with Crippen LogP contribution in [0.1, 0.15) is 25.5 Å². The zero-order valence-electron chi connectivity index (χ0n) is 21.9. The van der Waals surface area contributed by atoms with Crippen LogP contribution in [0.2, 0.25) is 5.02 Å². The number of sulfonamides is 1. The quantitative estimate of drug-likeness (QED) is 0.120. The van der Waals surface area contributed by atoms with Crippen molar-refractivity contribution in [2.24, 2.45) is 0 Å². The van der Waals surface area contributed by atoms with Gasteiger partial charge in [-0.1, -0.05) is 35.0 Å². The molecule has 0 radical (unpaired) electrons. The number of anilines is 1. The van der Waals surface area contributed by atoms with E-state index in [4.69, 9.17) is 25.6 Å². The first-order valence-electron chi connectivity index (χ1n) is 12.5. The number of nitrogens with zero attached hydrogens (tertiary/aromatic N) is 3. The van der Waals surface area contributed by atoms with Gasteiger partial charge in [0.05, 0.1) is 27.5 Å². The third kappa shape index (κ3) is 5.81. The number of nitro benzene ring substituents is 1. The molecule has 1 aromatic heterocycles. The summed E-state index contributed by atoms with van der Waals surface area (Å²) in [6.45, 7) is 4.15. The molecule has 0 spiro atoms. The van der Waals surface area contributed by atoms with Gasteiger partial charge in [0.15, 0.2) is 5.82 Å². The van der Waals surface area contributed by atoms with E-state index >= 15 is 0 Å². The van der Waals surface area contributed by atoms with Crippen LogP contribution >= 0.6 is 11.6 Å². The average Bonchev–Trinajstić information content (AvgIpc) is 3.48.